The Kier molecular flexibility index (Phi) is 4.84. The molecule has 12 nitrogen and oxygen atoms in total. The predicted molar refractivity (Wildman–Crippen MR) is 82.5 cm³/mol. The van der Waals surface area contributed by atoms with Crippen molar-refractivity contribution in [2.45, 2.75) is 39.0 Å². The van der Waals surface area contributed by atoms with Crippen LogP contribution in [0.15, 0.2) is 4.79 Å². The minimum absolute atomic E-state index is 0.0706. The zero-order chi connectivity index (χ0) is 18.8. The van der Waals surface area contributed by atoms with Crippen LogP contribution in [-0.4, -0.2) is 61.4 Å². The van der Waals surface area contributed by atoms with Crippen LogP contribution in [-0.2, 0) is 19.0 Å². The maximum atomic E-state index is 12.6. The van der Waals surface area contributed by atoms with Crippen molar-refractivity contribution >= 4 is 23.0 Å². The van der Waals surface area contributed by atoms with Gasteiger partial charge in [-0.25, -0.2) is 4.79 Å². The molecule has 0 bridgehead atoms. The van der Waals surface area contributed by atoms with Gasteiger partial charge in [0, 0.05) is 6.92 Å². The van der Waals surface area contributed by atoms with Crippen molar-refractivity contribution < 1.29 is 29.0 Å². The van der Waals surface area contributed by atoms with Crippen LogP contribution in [0.4, 0.5) is 0 Å². The molecule has 0 aromatic carbocycles. The zero-order valence-corrected chi connectivity index (χ0v) is 14.1. The Labute approximate surface area is 146 Å². The molecule has 0 aliphatic carbocycles. The molecule has 3 rings (SSSR count). The lowest BCUT2D eigenvalue weighted by Gasteiger charge is -2.14. The molecule has 2 atom stereocenters. The van der Waals surface area contributed by atoms with Gasteiger partial charge in [-0.1, -0.05) is 10.1 Å². The third-order valence-corrected chi connectivity index (χ3v) is 3.79. The van der Waals surface area contributed by atoms with Gasteiger partial charge in [-0.05, 0) is 19.8 Å². The molecule has 0 radical (unpaired) electrons. The molecule has 3 heterocycles. The molecule has 1 aliphatic heterocycles. The Hall–Kier alpha value is -3.02. The third-order valence-electron chi connectivity index (χ3n) is 3.79. The molecule has 2 aromatic heterocycles. The van der Waals surface area contributed by atoms with Crippen molar-refractivity contribution in [1.82, 2.24) is 24.9 Å². The van der Waals surface area contributed by atoms with Gasteiger partial charge < -0.3 is 19.4 Å². The van der Waals surface area contributed by atoms with Gasteiger partial charge in [0.25, 0.3) is 0 Å². The number of hydrogen-bond donors (Lipinski definition) is 1. The highest BCUT2D eigenvalue weighted by Gasteiger charge is 2.31. The molecular weight excluding hydrogens is 350 g/mol. The zero-order valence-electron chi connectivity index (χ0n) is 14.1. The largest absolute Gasteiger partial charge is 0.463 e. The molecule has 2 aromatic rings. The van der Waals surface area contributed by atoms with Crippen molar-refractivity contribution in [2.75, 3.05) is 13.2 Å². The highest BCUT2D eigenvalue weighted by Crippen LogP contribution is 2.27. The first-order valence-corrected chi connectivity index (χ1v) is 7.95. The molecule has 0 saturated carbocycles. The third kappa shape index (κ3) is 3.22. The molecular formula is C14H17N5O7. The average molecular weight is 367 g/mol. The fraction of sp³-hybridized carbons (Fsp3) is 0.571. The Morgan fingerprint density at radius 3 is 2.81 bits per heavy atom. The number of carbonyl (C=O) groups is 2. The van der Waals surface area contributed by atoms with Gasteiger partial charge in [0.15, 0.2) is 17.3 Å². The van der Waals surface area contributed by atoms with Crippen LogP contribution >= 0.6 is 0 Å². The Morgan fingerprint density at radius 2 is 2.12 bits per heavy atom. The molecule has 1 saturated heterocycles. The number of fused-ring (bicyclic) bond motifs is 1. The van der Waals surface area contributed by atoms with Crippen LogP contribution in [0, 0.1) is 0 Å². The molecule has 1 fully saturated rings. The molecule has 1 aliphatic rings. The minimum atomic E-state index is -0.824. The first kappa shape index (κ1) is 17.8. The van der Waals surface area contributed by atoms with E-state index in [2.05, 4.69) is 15.4 Å². The van der Waals surface area contributed by atoms with E-state index in [0.717, 1.165) is 4.68 Å². The molecule has 12 heteroatoms. The lowest BCUT2D eigenvalue weighted by molar-refractivity contribution is -0.145. The number of ether oxygens (including phenoxy) is 3. The lowest BCUT2D eigenvalue weighted by Crippen LogP contribution is -2.30. The second-order valence-electron chi connectivity index (χ2n) is 5.59. The van der Waals surface area contributed by atoms with Gasteiger partial charge in [-0.2, -0.15) is 4.68 Å². The summed E-state index contributed by atoms with van der Waals surface area (Å²) in [5.74, 6) is -1.25. The average Bonchev–Trinajstić information content (AvgIpc) is 3.19. The van der Waals surface area contributed by atoms with Crippen molar-refractivity contribution in [3.63, 3.8) is 0 Å². The predicted octanol–water partition coefficient (Wildman–Crippen LogP) is -0.357. The standard InChI is InChI=1S/C14H17N5O7/c1-3-24-14(22)11-10-12(19(23)16-11)13(21)18(17-15-10)9-5-4-8(26-9)6-25-7(2)20/h8-9,23H,3-6H2,1-2H3. The monoisotopic (exact) mass is 367 g/mol. The normalized spacial score (nSPS) is 19.6. The topological polar surface area (TPSA) is 148 Å². The number of esters is 2. The maximum Gasteiger partial charge on any atom is 0.361 e. The summed E-state index contributed by atoms with van der Waals surface area (Å²) in [6.07, 6.45) is -0.115. The highest BCUT2D eigenvalue weighted by atomic mass is 16.6. The van der Waals surface area contributed by atoms with Crippen molar-refractivity contribution in [3.8, 4) is 0 Å². The summed E-state index contributed by atoms with van der Waals surface area (Å²) < 4.78 is 16.3. The van der Waals surface area contributed by atoms with E-state index in [1.54, 1.807) is 6.92 Å². The van der Waals surface area contributed by atoms with Crippen LogP contribution in [0.2, 0.25) is 0 Å². The minimum Gasteiger partial charge on any atom is -0.463 e. The molecule has 140 valence electrons. The van der Waals surface area contributed by atoms with E-state index in [9.17, 15) is 19.6 Å². The van der Waals surface area contributed by atoms with E-state index < -0.39 is 23.7 Å². The summed E-state index contributed by atoms with van der Waals surface area (Å²) in [6.45, 7) is 3.07. The summed E-state index contributed by atoms with van der Waals surface area (Å²) in [4.78, 5) is 35.6. The van der Waals surface area contributed by atoms with E-state index in [1.807, 2.05) is 0 Å². The first-order valence-electron chi connectivity index (χ1n) is 7.95. The number of rotatable bonds is 5. The van der Waals surface area contributed by atoms with E-state index in [0.29, 0.717) is 12.8 Å². The second-order valence-corrected chi connectivity index (χ2v) is 5.59. The van der Waals surface area contributed by atoms with E-state index in [1.165, 1.54) is 6.92 Å². The molecule has 1 N–H and O–H groups in total. The van der Waals surface area contributed by atoms with Crippen molar-refractivity contribution in [3.05, 3.63) is 16.0 Å². The van der Waals surface area contributed by atoms with Crippen molar-refractivity contribution in [1.29, 1.82) is 0 Å². The molecule has 0 amide bonds. The Morgan fingerprint density at radius 1 is 1.35 bits per heavy atom. The summed E-state index contributed by atoms with van der Waals surface area (Å²) in [5.41, 5.74) is -1.50. The van der Waals surface area contributed by atoms with Gasteiger partial charge >= 0.3 is 17.5 Å². The van der Waals surface area contributed by atoms with Crippen LogP contribution in [0.1, 0.15) is 43.4 Å². The molecule has 0 spiro atoms. The number of carbonyl (C=O) groups excluding carboxylic acids is 2. The SMILES string of the molecule is CCOC(=O)c1nn(O)c2c(=O)n(C3CCC(COC(C)=O)O3)nnc12. The number of nitrogens with zero attached hydrogens (tertiary/aromatic N) is 5. The maximum absolute atomic E-state index is 12.6. The fourth-order valence-corrected chi connectivity index (χ4v) is 2.65. The van der Waals surface area contributed by atoms with Crippen molar-refractivity contribution in [2.24, 2.45) is 0 Å². The molecule has 2 unspecified atom stereocenters. The second kappa shape index (κ2) is 7.07. The Balaban J connectivity index is 1.89. The van der Waals surface area contributed by atoms with Crippen LogP contribution in [0.25, 0.3) is 11.0 Å². The van der Waals surface area contributed by atoms with Gasteiger partial charge in [0.1, 0.15) is 6.61 Å². The molecule has 26 heavy (non-hydrogen) atoms. The summed E-state index contributed by atoms with van der Waals surface area (Å²) in [5, 5.41) is 21.1. The summed E-state index contributed by atoms with van der Waals surface area (Å²) >= 11 is 0. The fourth-order valence-electron chi connectivity index (χ4n) is 2.65. The van der Waals surface area contributed by atoms with Crippen LogP contribution < -0.4 is 5.56 Å². The first-order chi connectivity index (χ1) is 12.4. The lowest BCUT2D eigenvalue weighted by atomic mass is 10.2. The van der Waals surface area contributed by atoms with Gasteiger partial charge in [-0.3, -0.25) is 9.59 Å². The number of hydrogen-bond acceptors (Lipinski definition) is 10. The highest BCUT2D eigenvalue weighted by molar-refractivity contribution is 5.99. The van der Waals surface area contributed by atoms with Crippen LogP contribution in [0.3, 0.4) is 0 Å². The van der Waals surface area contributed by atoms with E-state index >= 15 is 0 Å². The van der Waals surface area contributed by atoms with Gasteiger partial charge in [0.05, 0.1) is 12.7 Å². The van der Waals surface area contributed by atoms with Crippen LogP contribution in [0.5, 0.6) is 0 Å². The van der Waals surface area contributed by atoms with Gasteiger partial charge in [-0.15, -0.1) is 10.2 Å². The quantitative estimate of drug-likeness (QED) is 0.548. The summed E-state index contributed by atoms with van der Waals surface area (Å²) in [7, 11) is 0. The Bertz CT molecular complexity index is 905. The summed E-state index contributed by atoms with van der Waals surface area (Å²) in [6, 6.07) is 0. The van der Waals surface area contributed by atoms with E-state index in [-0.39, 0.29) is 40.9 Å². The smallest absolute Gasteiger partial charge is 0.361 e. The van der Waals surface area contributed by atoms with E-state index in [4.69, 9.17) is 14.2 Å². The number of aromatic nitrogens is 5. The van der Waals surface area contributed by atoms with Gasteiger partial charge in [0.2, 0.25) is 5.69 Å².